The minimum atomic E-state index is -0.999. The predicted molar refractivity (Wildman–Crippen MR) is 87.0 cm³/mol. The molecule has 0 saturated carbocycles. The Balaban J connectivity index is 2.57. The number of nitrogen functional groups attached to an aromatic ring is 2. The maximum Gasteiger partial charge on any atom is 0.221 e. The van der Waals surface area contributed by atoms with Gasteiger partial charge in [-0.05, 0) is 29.2 Å². The van der Waals surface area contributed by atoms with E-state index in [2.05, 4.69) is 9.97 Å². The van der Waals surface area contributed by atoms with Crippen molar-refractivity contribution < 1.29 is 9.84 Å². The Kier molecular flexibility index (Phi) is 4.73. The first kappa shape index (κ1) is 16.3. The number of aromatic nitrogens is 2. The van der Waals surface area contributed by atoms with Crippen molar-refractivity contribution in [2.24, 2.45) is 0 Å². The monoisotopic (exact) mass is 322 g/mol. The average Bonchev–Trinajstić information content (AvgIpc) is 2.46. The Bertz CT molecular complexity index is 691. The van der Waals surface area contributed by atoms with Crippen LogP contribution in [-0.4, -0.2) is 22.2 Å². The number of rotatable bonds is 4. The highest BCUT2D eigenvalue weighted by Crippen LogP contribution is 2.37. The molecule has 0 aliphatic rings. The Morgan fingerprint density at radius 3 is 2.41 bits per heavy atom. The molecule has 1 aromatic carbocycles. The first-order chi connectivity index (χ1) is 10.3. The van der Waals surface area contributed by atoms with Gasteiger partial charge in [0.05, 0.1) is 12.1 Å². The number of hydrogen-bond donors (Lipinski definition) is 3. The summed E-state index contributed by atoms with van der Waals surface area (Å²) in [7, 11) is 1.55. The first-order valence-corrected chi connectivity index (χ1v) is 7.16. The molecular formula is C15H19ClN4O2. The highest BCUT2D eigenvalue weighted by molar-refractivity contribution is 6.32. The lowest BCUT2D eigenvalue weighted by Gasteiger charge is -2.20. The van der Waals surface area contributed by atoms with E-state index in [0.717, 1.165) is 5.56 Å². The van der Waals surface area contributed by atoms with Crippen molar-refractivity contribution >= 4 is 23.4 Å². The van der Waals surface area contributed by atoms with Gasteiger partial charge in [-0.15, -0.1) is 0 Å². The third-order valence-corrected chi connectivity index (χ3v) is 3.73. The second-order valence-electron chi connectivity index (χ2n) is 5.24. The van der Waals surface area contributed by atoms with E-state index in [1.165, 1.54) is 6.20 Å². The van der Waals surface area contributed by atoms with Crippen LogP contribution in [-0.2, 0) is 0 Å². The van der Waals surface area contributed by atoms with E-state index in [0.29, 0.717) is 21.9 Å². The molecule has 0 spiro atoms. The molecule has 6 nitrogen and oxygen atoms in total. The van der Waals surface area contributed by atoms with Gasteiger partial charge < -0.3 is 21.3 Å². The number of ether oxygens (including phenoxy) is 1. The Morgan fingerprint density at radius 1 is 1.18 bits per heavy atom. The number of benzene rings is 1. The molecule has 5 N–H and O–H groups in total. The van der Waals surface area contributed by atoms with Gasteiger partial charge in [0.25, 0.3) is 0 Å². The van der Waals surface area contributed by atoms with Gasteiger partial charge in [0, 0.05) is 11.8 Å². The summed E-state index contributed by atoms with van der Waals surface area (Å²) in [4.78, 5) is 7.76. The molecule has 0 saturated heterocycles. The molecule has 1 unspecified atom stereocenters. The second-order valence-corrected chi connectivity index (χ2v) is 5.65. The molecule has 118 valence electrons. The average molecular weight is 323 g/mol. The smallest absolute Gasteiger partial charge is 0.221 e. The van der Waals surface area contributed by atoms with Crippen LogP contribution in [0.1, 0.15) is 42.6 Å². The molecule has 0 bridgehead atoms. The first-order valence-electron chi connectivity index (χ1n) is 6.78. The third kappa shape index (κ3) is 3.08. The molecule has 22 heavy (non-hydrogen) atoms. The molecule has 2 aromatic rings. The van der Waals surface area contributed by atoms with Crippen molar-refractivity contribution in [2.75, 3.05) is 18.6 Å². The number of aliphatic hydroxyl groups excluding tert-OH is 1. The van der Waals surface area contributed by atoms with Gasteiger partial charge in [0.15, 0.2) is 0 Å². The van der Waals surface area contributed by atoms with Crippen molar-refractivity contribution in [3.05, 3.63) is 40.0 Å². The van der Waals surface area contributed by atoms with Crippen molar-refractivity contribution in [3.63, 3.8) is 0 Å². The maximum atomic E-state index is 10.7. The molecule has 0 radical (unpaired) electrons. The van der Waals surface area contributed by atoms with E-state index in [-0.39, 0.29) is 17.7 Å². The summed E-state index contributed by atoms with van der Waals surface area (Å²) in [5.74, 6) is 0.918. The molecule has 7 heteroatoms. The number of hydrogen-bond acceptors (Lipinski definition) is 6. The van der Waals surface area contributed by atoms with Crippen molar-refractivity contribution in [2.45, 2.75) is 25.9 Å². The summed E-state index contributed by atoms with van der Waals surface area (Å²) in [5, 5.41) is 11.1. The van der Waals surface area contributed by atoms with E-state index >= 15 is 0 Å². The van der Waals surface area contributed by atoms with Crippen LogP contribution in [0.5, 0.6) is 5.75 Å². The van der Waals surface area contributed by atoms with Crippen LogP contribution >= 0.6 is 11.6 Å². The molecule has 0 aliphatic carbocycles. The van der Waals surface area contributed by atoms with Crippen molar-refractivity contribution in [1.82, 2.24) is 9.97 Å². The van der Waals surface area contributed by atoms with Crippen LogP contribution < -0.4 is 16.2 Å². The van der Waals surface area contributed by atoms with Crippen molar-refractivity contribution in [1.29, 1.82) is 0 Å². The second kappa shape index (κ2) is 6.37. The van der Waals surface area contributed by atoms with Crippen LogP contribution in [0.4, 0.5) is 11.8 Å². The third-order valence-electron chi connectivity index (χ3n) is 3.44. The minimum absolute atomic E-state index is 0.0605. The Hall–Kier alpha value is -2.05. The number of anilines is 2. The van der Waals surface area contributed by atoms with Gasteiger partial charge in [0.2, 0.25) is 5.95 Å². The highest BCUT2D eigenvalue weighted by Gasteiger charge is 2.22. The summed E-state index contributed by atoms with van der Waals surface area (Å²) < 4.78 is 5.24. The number of aliphatic hydroxyl groups is 1. The van der Waals surface area contributed by atoms with Crippen LogP contribution in [0.25, 0.3) is 0 Å². The van der Waals surface area contributed by atoms with Gasteiger partial charge >= 0.3 is 0 Å². The van der Waals surface area contributed by atoms with E-state index in [1.54, 1.807) is 13.2 Å². The lowest BCUT2D eigenvalue weighted by molar-refractivity contribution is 0.218. The summed E-state index contributed by atoms with van der Waals surface area (Å²) >= 11 is 6.18. The molecular weight excluding hydrogens is 304 g/mol. The van der Waals surface area contributed by atoms with Gasteiger partial charge in [-0.25, -0.2) is 4.98 Å². The lowest BCUT2D eigenvalue weighted by Crippen LogP contribution is -2.11. The number of methoxy groups -OCH3 is 1. The quantitative estimate of drug-likeness (QED) is 0.798. The summed E-state index contributed by atoms with van der Waals surface area (Å²) in [6.07, 6.45) is 0.423. The van der Waals surface area contributed by atoms with E-state index in [9.17, 15) is 5.11 Å². The molecule has 0 fully saturated rings. The van der Waals surface area contributed by atoms with Crippen LogP contribution in [0, 0.1) is 0 Å². The number of nitrogens with two attached hydrogens (primary N) is 2. The maximum absolute atomic E-state index is 10.7. The fourth-order valence-electron chi connectivity index (χ4n) is 2.27. The zero-order valence-corrected chi connectivity index (χ0v) is 13.4. The minimum Gasteiger partial charge on any atom is -0.495 e. The molecule has 1 atom stereocenters. The van der Waals surface area contributed by atoms with Gasteiger partial charge in [0.1, 0.15) is 17.7 Å². The van der Waals surface area contributed by atoms with Gasteiger partial charge in [-0.2, -0.15) is 4.98 Å². The largest absolute Gasteiger partial charge is 0.495 e. The van der Waals surface area contributed by atoms with Gasteiger partial charge in [-0.3, -0.25) is 0 Å². The zero-order chi connectivity index (χ0) is 16.4. The Labute approximate surface area is 134 Å². The van der Waals surface area contributed by atoms with Crippen molar-refractivity contribution in [3.8, 4) is 5.75 Å². The lowest BCUT2D eigenvalue weighted by atomic mass is 9.91. The number of halogens is 1. The van der Waals surface area contributed by atoms with E-state index in [1.807, 2.05) is 19.9 Å². The standard InChI is InChI=1S/C15H19ClN4O2/c1-7(2)8-5-12(22-3)11(16)4-9(8)13(21)10-6-19-15(18)20-14(10)17/h4-7,13,21H,1-3H3,(H4,17,18,19,20). The predicted octanol–water partition coefficient (Wildman–Crippen LogP) is 2.51. The fourth-order valence-corrected chi connectivity index (χ4v) is 2.52. The zero-order valence-electron chi connectivity index (χ0n) is 12.7. The summed E-state index contributed by atoms with van der Waals surface area (Å²) in [6, 6.07) is 3.50. The normalized spacial score (nSPS) is 12.5. The highest BCUT2D eigenvalue weighted by atomic mass is 35.5. The van der Waals surface area contributed by atoms with E-state index < -0.39 is 6.10 Å². The Morgan fingerprint density at radius 2 is 1.86 bits per heavy atom. The fraction of sp³-hybridized carbons (Fsp3) is 0.333. The SMILES string of the molecule is COc1cc(C(C)C)c(C(O)c2cnc(N)nc2N)cc1Cl. The summed E-state index contributed by atoms with van der Waals surface area (Å²) in [6.45, 7) is 4.03. The molecule has 1 heterocycles. The van der Waals surface area contributed by atoms with Gasteiger partial charge in [-0.1, -0.05) is 25.4 Å². The van der Waals surface area contributed by atoms with Crippen LogP contribution in [0.2, 0.25) is 5.02 Å². The van der Waals surface area contributed by atoms with Crippen LogP contribution in [0.3, 0.4) is 0 Å². The molecule has 1 aromatic heterocycles. The molecule has 0 aliphatic heterocycles. The summed E-state index contributed by atoms with van der Waals surface area (Å²) in [5.41, 5.74) is 13.2. The van der Waals surface area contributed by atoms with Crippen LogP contribution in [0.15, 0.2) is 18.3 Å². The topological polar surface area (TPSA) is 107 Å². The molecule has 2 rings (SSSR count). The van der Waals surface area contributed by atoms with E-state index in [4.69, 9.17) is 27.8 Å². The number of nitrogens with zero attached hydrogens (tertiary/aromatic N) is 2. The molecule has 0 amide bonds.